The summed E-state index contributed by atoms with van der Waals surface area (Å²) >= 11 is 5.38. The number of halogens is 1. The molecule has 0 bridgehead atoms. The predicted octanol–water partition coefficient (Wildman–Crippen LogP) is 2.07. The van der Waals surface area contributed by atoms with Gasteiger partial charge in [-0.3, -0.25) is 4.79 Å². The highest BCUT2D eigenvalue weighted by atomic mass is 35.5. The summed E-state index contributed by atoms with van der Waals surface area (Å²) in [5, 5.41) is 3.93. The highest BCUT2D eigenvalue weighted by molar-refractivity contribution is 6.27. The standard InChI is InChI=1S/C12H13ClN2O/c13-8-12(16)14-6-5-10-7-9-3-1-2-4-11(9)15-10/h1-4,7,15H,5-6,8H2,(H,14,16). The molecular formula is C12H13ClN2O. The van der Waals surface area contributed by atoms with Crippen LogP contribution >= 0.6 is 11.6 Å². The lowest BCUT2D eigenvalue weighted by molar-refractivity contribution is -0.118. The van der Waals surface area contributed by atoms with Crippen molar-refractivity contribution in [3.05, 3.63) is 36.0 Å². The van der Waals surface area contributed by atoms with Crippen LogP contribution in [0, 0.1) is 0 Å². The molecule has 2 N–H and O–H groups in total. The van der Waals surface area contributed by atoms with Crippen LogP contribution in [0.5, 0.6) is 0 Å². The van der Waals surface area contributed by atoms with E-state index in [1.807, 2.05) is 18.2 Å². The number of hydrogen-bond donors (Lipinski definition) is 2. The number of fused-ring (bicyclic) bond motifs is 1. The molecule has 2 aromatic rings. The van der Waals surface area contributed by atoms with Gasteiger partial charge < -0.3 is 10.3 Å². The Morgan fingerprint density at radius 3 is 2.94 bits per heavy atom. The van der Waals surface area contributed by atoms with E-state index in [1.54, 1.807) is 0 Å². The maximum absolute atomic E-state index is 10.9. The fourth-order valence-corrected chi connectivity index (χ4v) is 1.75. The molecule has 1 aromatic heterocycles. The molecule has 4 heteroatoms. The van der Waals surface area contributed by atoms with Crippen LogP contribution in [-0.2, 0) is 11.2 Å². The number of rotatable bonds is 4. The number of aromatic nitrogens is 1. The van der Waals surface area contributed by atoms with Gasteiger partial charge in [-0.25, -0.2) is 0 Å². The molecule has 84 valence electrons. The van der Waals surface area contributed by atoms with E-state index in [9.17, 15) is 4.79 Å². The number of carbonyl (C=O) groups is 1. The van der Waals surface area contributed by atoms with Crippen molar-refractivity contribution >= 4 is 28.4 Å². The lowest BCUT2D eigenvalue weighted by Gasteiger charge is -2.00. The highest BCUT2D eigenvalue weighted by Gasteiger charge is 2.01. The second-order valence-electron chi connectivity index (χ2n) is 3.62. The third kappa shape index (κ3) is 2.55. The number of aromatic amines is 1. The maximum Gasteiger partial charge on any atom is 0.234 e. The van der Waals surface area contributed by atoms with Gasteiger partial charge in [0.25, 0.3) is 0 Å². The first kappa shape index (κ1) is 11.0. The van der Waals surface area contributed by atoms with Gasteiger partial charge in [-0.2, -0.15) is 0 Å². The summed E-state index contributed by atoms with van der Waals surface area (Å²) in [5.41, 5.74) is 2.25. The fourth-order valence-electron chi connectivity index (χ4n) is 1.65. The summed E-state index contributed by atoms with van der Waals surface area (Å²) in [6, 6.07) is 10.2. The van der Waals surface area contributed by atoms with Gasteiger partial charge in [0.2, 0.25) is 5.91 Å². The van der Waals surface area contributed by atoms with E-state index in [-0.39, 0.29) is 11.8 Å². The molecule has 0 aliphatic heterocycles. The third-order valence-electron chi connectivity index (χ3n) is 2.42. The van der Waals surface area contributed by atoms with Crippen molar-refractivity contribution in [2.75, 3.05) is 12.4 Å². The molecule has 16 heavy (non-hydrogen) atoms. The van der Waals surface area contributed by atoms with Gasteiger partial charge in [0, 0.05) is 24.2 Å². The molecule has 0 aliphatic carbocycles. The van der Waals surface area contributed by atoms with Crippen LogP contribution in [0.25, 0.3) is 10.9 Å². The Kier molecular flexibility index (Phi) is 3.47. The minimum Gasteiger partial charge on any atom is -0.358 e. The van der Waals surface area contributed by atoms with Gasteiger partial charge in [-0.1, -0.05) is 18.2 Å². The minimum absolute atomic E-state index is 0.0205. The van der Waals surface area contributed by atoms with Crippen molar-refractivity contribution in [2.45, 2.75) is 6.42 Å². The van der Waals surface area contributed by atoms with Crippen molar-refractivity contribution < 1.29 is 4.79 Å². The predicted molar refractivity (Wildman–Crippen MR) is 65.7 cm³/mol. The topological polar surface area (TPSA) is 44.9 Å². The molecule has 0 spiro atoms. The molecule has 3 nitrogen and oxygen atoms in total. The van der Waals surface area contributed by atoms with Gasteiger partial charge in [0.1, 0.15) is 5.88 Å². The Balaban J connectivity index is 1.97. The van der Waals surface area contributed by atoms with Crippen LogP contribution in [0.15, 0.2) is 30.3 Å². The van der Waals surface area contributed by atoms with Crippen molar-refractivity contribution in [2.24, 2.45) is 0 Å². The molecule has 0 aliphatic rings. The van der Waals surface area contributed by atoms with E-state index < -0.39 is 0 Å². The van der Waals surface area contributed by atoms with Crippen LogP contribution in [-0.4, -0.2) is 23.3 Å². The molecule has 0 saturated heterocycles. The maximum atomic E-state index is 10.9. The summed E-state index contributed by atoms with van der Waals surface area (Å²) < 4.78 is 0. The van der Waals surface area contributed by atoms with Gasteiger partial charge in [-0.05, 0) is 17.5 Å². The Hall–Kier alpha value is -1.48. The summed E-state index contributed by atoms with van der Waals surface area (Å²) in [6.45, 7) is 0.609. The summed E-state index contributed by atoms with van der Waals surface area (Å²) in [6.07, 6.45) is 0.789. The third-order valence-corrected chi connectivity index (χ3v) is 2.67. The van der Waals surface area contributed by atoms with Gasteiger partial charge in [-0.15, -0.1) is 11.6 Å². The second-order valence-corrected chi connectivity index (χ2v) is 3.88. The van der Waals surface area contributed by atoms with Crippen LogP contribution in [0.1, 0.15) is 5.69 Å². The van der Waals surface area contributed by atoms with Crippen LogP contribution in [0.2, 0.25) is 0 Å². The van der Waals surface area contributed by atoms with E-state index in [0.29, 0.717) is 6.54 Å². The molecular weight excluding hydrogens is 224 g/mol. The molecule has 1 aromatic carbocycles. The monoisotopic (exact) mass is 236 g/mol. The number of hydrogen-bond acceptors (Lipinski definition) is 1. The molecule has 0 unspecified atom stereocenters. The number of para-hydroxylation sites is 1. The van der Waals surface area contributed by atoms with Crippen LogP contribution in [0.4, 0.5) is 0 Å². The zero-order valence-electron chi connectivity index (χ0n) is 8.79. The Bertz CT molecular complexity index is 459. The lowest BCUT2D eigenvalue weighted by atomic mass is 10.2. The normalized spacial score (nSPS) is 10.6. The van der Waals surface area contributed by atoms with Gasteiger partial charge in [0.15, 0.2) is 0 Å². The summed E-state index contributed by atoms with van der Waals surface area (Å²) in [5.74, 6) is -0.107. The molecule has 1 heterocycles. The Morgan fingerprint density at radius 1 is 1.38 bits per heavy atom. The average molecular weight is 237 g/mol. The minimum atomic E-state index is -0.127. The fraction of sp³-hybridized carbons (Fsp3) is 0.250. The van der Waals surface area contributed by atoms with Crippen molar-refractivity contribution in [1.82, 2.24) is 10.3 Å². The SMILES string of the molecule is O=C(CCl)NCCc1cc2ccccc2[nH]1. The van der Waals surface area contributed by atoms with E-state index in [1.165, 1.54) is 5.39 Å². The largest absolute Gasteiger partial charge is 0.358 e. The lowest BCUT2D eigenvalue weighted by Crippen LogP contribution is -2.26. The zero-order valence-corrected chi connectivity index (χ0v) is 9.55. The number of carbonyl (C=O) groups excluding carboxylic acids is 1. The zero-order chi connectivity index (χ0) is 11.4. The molecule has 0 fully saturated rings. The van der Waals surface area contributed by atoms with Crippen LogP contribution in [0.3, 0.4) is 0 Å². The molecule has 1 amide bonds. The second kappa shape index (κ2) is 5.03. The van der Waals surface area contributed by atoms with Crippen LogP contribution < -0.4 is 5.32 Å². The summed E-state index contributed by atoms with van der Waals surface area (Å²) in [4.78, 5) is 14.2. The molecule has 0 radical (unpaired) electrons. The number of H-pyrrole nitrogens is 1. The quantitative estimate of drug-likeness (QED) is 0.785. The van der Waals surface area contributed by atoms with Crippen molar-refractivity contribution in [3.63, 3.8) is 0 Å². The number of alkyl halides is 1. The van der Waals surface area contributed by atoms with E-state index >= 15 is 0 Å². The Labute approximate surface area is 98.8 Å². The number of amides is 1. The molecule has 0 saturated carbocycles. The Morgan fingerprint density at radius 2 is 2.19 bits per heavy atom. The smallest absolute Gasteiger partial charge is 0.234 e. The average Bonchev–Trinajstić information content (AvgIpc) is 2.71. The summed E-state index contributed by atoms with van der Waals surface area (Å²) in [7, 11) is 0. The molecule has 2 rings (SSSR count). The van der Waals surface area contributed by atoms with E-state index in [2.05, 4.69) is 22.4 Å². The van der Waals surface area contributed by atoms with Gasteiger partial charge >= 0.3 is 0 Å². The number of benzene rings is 1. The van der Waals surface area contributed by atoms with E-state index in [0.717, 1.165) is 17.6 Å². The van der Waals surface area contributed by atoms with Gasteiger partial charge in [0.05, 0.1) is 0 Å². The van der Waals surface area contributed by atoms with Crippen molar-refractivity contribution in [3.8, 4) is 0 Å². The highest BCUT2D eigenvalue weighted by Crippen LogP contribution is 2.14. The molecule has 0 atom stereocenters. The van der Waals surface area contributed by atoms with E-state index in [4.69, 9.17) is 11.6 Å². The van der Waals surface area contributed by atoms with Crippen molar-refractivity contribution in [1.29, 1.82) is 0 Å². The number of nitrogens with one attached hydrogen (secondary N) is 2. The first-order valence-corrected chi connectivity index (χ1v) is 5.72. The first-order chi connectivity index (χ1) is 7.79. The first-order valence-electron chi connectivity index (χ1n) is 5.19.